The molecular formula is C8H8ClNO. The van der Waals surface area contributed by atoms with E-state index in [1.54, 1.807) is 24.4 Å². The highest BCUT2D eigenvalue weighted by Gasteiger charge is 1.88. The van der Waals surface area contributed by atoms with Crippen molar-refractivity contribution in [2.75, 3.05) is 5.88 Å². The molecule has 0 spiro atoms. The predicted octanol–water partition coefficient (Wildman–Crippen LogP) is 2.04. The molecule has 0 saturated carbocycles. The van der Waals surface area contributed by atoms with E-state index >= 15 is 0 Å². The summed E-state index contributed by atoms with van der Waals surface area (Å²) in [5.74, 6) is 0.636. The minimum absolute atomic E-state index is 0.168. The molecule has 0 fully saturated rings. The highest BCUT2D eigenvalue weighted by atomic mass is 35.5. The summed E-state index contributed by atoms with van der Waals surface area (Å²) in [5.41, 5.74) is 0.852. The topological polar surface area (TPSA) is 33.1 Å². The van der Waals surface area contributed by atoms with Crippen LogP contribution < -0.4 is 0 Å². The molecule has 1 rings (SSSR count). The van der Waals surface area contributed by atoms with Crippen LogP contribution in [-0.4, -0.2) is 16.0 Å². The van der Waals surface area contributed by atoms with Crippen molar-refractivity contribution in [2.45, 2.75) is 0 Å². The van der Waals surface area contributed by atoms with Crippen molar-refractivity contribution < 1.29 is 5.11 Å². The Morgan fingerprint density at radius 1 is 1.55 bits per heavy atom. The zero-order valence-electron chi connectivity index (χ0n) is 5.87. The van der Waals surface area contributed by atoms with Gasteiger partial charge in [0.15, 0.2) is 0 Å². The maximum absolute atomic E-state index is 8.98. The number of alkyl halides is 1. The summed E-state index contributed by atoms with van der Waals surface area (Å²) in [5, 5.41) is 8.98. The molecule has 58 valence electrons. The lowest BCUT2D eigenvalue weighted by atomic mass is 10.2. The zero-order chi connectivity index (χ0) is 8.10. The van der Waals surface area contributed by atoms with E-state index in [9.17, 15) is 0 Å². The molecule has 0 aliphatic rings. The average Bonchev–Trinajstić information content (AvgIpc) is 2.01. The van der Waals surface area contributed by atoms with Crippen molar-refractivity contribution in [3.05, 3.63) is 30.1 Å². The molecule has 3 heteroatoms. The fourth-order valence-electron chi connectivity index (χ4n) is 0.717. The summed E-state index contributed by atoms with van der Waals surface area (Å²) in [7, 11) is 0. The van der Waals surface area contributed by atoms with Gasteiger partial charge >= 0.3 is 0 Å². The van der Waals surface area contributed by atoms with Crippen LogP contribution in [0.15, 0.2) is 24.5 Å². The van der Waals surface area contributed by atoms with Crippen molar-refractivity contribution in [1.29, 1.82) is 0 Å². The zero-order valence-corrected chi connectivity index (χ0v) is 6.62. The number of hydrogen-bond donors (Lipinski definition) is 1. The Labute approximate surface area is 70.2 Å². The first-order chi connectivity index (χ1) is 5.33. The SMILES string of the molecule is Oc1cncc(C=CCCl)c1. The average molecular weight is 170 g/mol. The summed E-state index contributed by atoms with van der Waals surface area (Å²) in [6.07, 6.45) is 6.64. The van der Waals surface area contributed by atoms with Crippen molar-refractivity contribution in [3.8, 4) is 5.75 Å². The molecule has 0 aliphatic carbocycles. The van der Waals surface area contributed by atoms with Crippen LogP contribution in [0.5, 0.6) is 5.75 Å². The van der Waals surface area contributed by atoms with Crippen molar-refractivity contribution in [1.82, 2.24) is 4.98 Å². The van der Waals surface area contributed by atoms with Crippen LogP contribution >= 0.6 is 11.6 Å². The number of pyridine rings is 1. The first-order valence-electron chi connectivity index (χ1n) is 3.19. The standard InChI is InChI=1S/C8H8ClNO/c9-3-1-2-7-4-8(11)6-10-5-7/h1-2,4-6,11H,3H2. The van der Waals surface area contributed by atoms with Gasteiger partial charge in [0, 0.05) is 12.1 Å². The van der Waals surface area contributed by atoms with E-state index < -0.39 is 0 Å². The molecule has 0 amide bonds. The Hall–Kier alpha value is -1.02. The van der Waals surface area contributed by atoms with E-state index in [-0.39, 0.29) is 5.75 Å². The van der Waals surface area contributed by atoms with Gasteiger partial charge in [0.2, 0.25) is 0 Å². The van der Waals surface area contributed by atoms with Crippen molar-refractivity contribution in [3.63, 3.8) is 0 Å². The minimum atomic E-state index is 0.168. The first kappa shape index (κ1) is 8.08. The number of nitrogens with zero attached hydrogens (tertiary/aromatic N) is 1. The number of allylic oxidation sites excluding steroid dienone is 1. The lowest BCUT2D eigenvalue weighted by Gasteiger charge is -1.92. The maximum atomic E-state index is 8.98. The van der Waals surface area contributed by atoms with Crippen LogP contribution in [0.25, 0.3) is 6.08 Å². The lowest BCUT2D eigenvalue weighted by molar-refractivity contribution is 0.472. The second kappa shape index (κ2) is 3.98. The minimum Gasteiger partial charge on any atom is -0.506 e. The van der Waals surface area contributed by atoms with Gasteiger partial charge < -0.3 is 5.11 Å². The van der Waals surface area contributed by atoms with Gasteiger partial charge in [-0.25, -0.2) is 0 Å². The number of hydrogen-bond acceptors (Lipinski definition) is 2. The molecule has 0 atom stereocenters. The molecule has 1 aromatic heterocycles. The van der Waals surface area contributed by atoms with Crippen molar-refractivity contribution >= 4 is 17.7 Å². The van der Waals surface area contributed by atoms with Gasteiger partial charge in [0.1, 0.15) is 5.75 Å². The fraction of sp³-hybridized carbons (Fsp3) is 0.125. The first-order valence-corrected chi connectivity index (χ1v) is 3.73. The van der Waals surface area contributed by atoms with E-state index in [2.05, 4.69) is 4.98 Å². The molecule has 0 aliphatic heterocycles. The van der Waals surface area contributed by atoms with E-state index in [0.29, 0.717) is 5.88 Å². The van der Waals surface area contributed by atoms with Crippen LogP contribution in [0, 0.1) is 0 Å². The Morgan fingerprint density at radius 2 is 2.36 bits per heavy atom. The molecular weight excluding hydrogens is 162 g/mol. The van der Waals surface area contributed by atoms with Gasteiger partial charge in [0.25, 0.3) is 0 Å². The summed E-state index contributed by atoms with van der Waals surface area (Å²) < 4.78 is 0. The molecule has 1 N–H and O–H groups in total. The Kier molecular flexibility index (Phi) is 2.93. The van der Waals surface area contributed by atoms with Crippen LogP contribution in [0.1, 0.15) is 5.56 Å². The van der Waals surface area contributed by atoms with Crippen LogP contribution in [0.2, 0.25) is 0 Å². The molecule has 0 saturated heterocycles. The van der Waals surface area contributed by atoms with E-state index in [1.807, 2.05) is 0 Å². The highest BCUT2D eigenvalue weighted by Crippen LogP contribution is 2.09. The highest BCUT2D eigenvalue weighted by molar-refractivity contribution is 6.19. The number of halogens is 1. The van der Waals surface area contributed by atoms with Crippen molar-refractivity contribution in [2.24, 2.45) is 0 Å². The molecule has 0 aromatic carbocycles. The number of aromatic nitrogens is 1. The Balaban J connectivity index is 2.79. The normalized spacial score (nSPS) is 10.6. The fourth-order valence-corrected chi connectivity index (χ4v) is 0.806. The van der Waals surface area contributed by atoms with Crippen LogP contribution in [0.4, 0.5) is 0 Å². The van der Waals surface area contributed by atoms with Gasteiger partial charge in [-0.05, 0) is 11.6 Å². The summed E-state index contributed by atoms with van der Waals surface area (Å²) in [6, 6.07) is 1.62. The smallest absolute Gasteiger partial charge is 0.134 e. The third kappa shape index (κ3) is 2.60. The van der Waals surface area contributed by atoms with E-state index in [1.165, 1.54) is 6.20 Å². The van der Waals surface area contributed by atoms with Gasteiger partial charge in [0.05, 0.1) is 6.20 Å². The number of aromatic hydroxyl groups is 1. The van der Waals surface area contributed by atoms with Gasteiger partial charge in [-0.1, -0.05) is 12.2 Å². The van der Waals surface area contributed by atoms with Crippen LogP contribution in [0.3, 0.4) is 0 Å². The third-order valence-corrected chi connectivity index (χ3v) is 1.32. The second-order valence-electron chi connectivity index (χ2n) is 2.03. The molecule has 0 bridgehead atoms. The Bertz CT molecular complexity index is 260. The molecule has 0 radical (unpaired) electrons. The third-order valence-electron chi connectivity index (χ3n) is 1.14. The van der Waals surface area contributed by atoms with Gasteiger partial charge in [-0.2, -0.15) is 0 Å². The van der Waals surface area contributed by atoms with Crippen LogP contribution in [-0.2, 0) is 0 Å². The monoisotopic (exact) mass is 169 g/mol. The largest absolute Gasteiger partial charge is 0.506 e. The van der Waals surface area contributed by atoms with Gasteiger partial charge in [-0.15, -0.1) is 11.6 Å². The summed E-state index contributed by atoms with van der Waals surface area (Å²) in [4.78, 5) is 3.79. The second-order valence-corrected chi connectivity index (χ2v) is 2.34. The Morgan fingerprint density at radius 3 is 3.00 bits per heavy atom. The molecule has 0 unspecified atom stereocenters. The number of rotatable bonds is 2. The summed E-state index contributed by atoms with van der Waals surface area (Å²) in [6.45, 7) is 0. The molecule has 1 aromatic rings. The molecule has 1 heterocycles. The molecule has 11 heavy (non-hydrogen) atoms. The van der Waals surface area contributed by atoms with E-state index in [4.69, 9.17) is 16.7 Å². The maximum Gasteiger partial charge on any atom is 0.134 e. The molecule has 2 nitrogen and oxygen atoms in total. The van der Waals surface area contributed by atoms with Gasteiger partial charge in [-0.3, -0.25) is 4.98 Å². The summed E-state index contributed by atoms with van der Waals surface area (Å²) >= 11 is 5.42. The predicted molar refractivity (Wildman–Crippen MR) is 45.7 cm³/mol. The lowest BCUT2D eigenvalue weighted by Crippen LogP contribution is -1.75. The van der Waals surface area contributed by atoms with E-state index in [0.717, 1.165) is 5.56 Å². The quantitative estimate of drug-likeness (QED) is 0.688.